The number of urea groups is 1. The lowest BCUT2D eigenvalue weighted by molar-refractivity contribution is -0.126. The van der Waals surface area contributed by atoms with Gasteiger partial charge >= 0.3 is 6.03 Å². The van der Waals surface area contributed by atoms with Gasteiger partial charge in [-0.25, -0.2) is 9.18 Å². The van der Waals surface area contributed by atoms with Crippen LogP contribution in [-0.4, -0.2) is 23.4 Å². The van der Waals surface area contributed by atoms with Crippen LogP contribution >= 0.6 is 15.9 Å². The predicted molar refractivity (Wildman–Crippen MR) is 67.6 cm³/mol. The molecule has 3 rings (SSSR count). The number of carbonyl (C=O) groups excluding carboxylic acids is 2. The summed E-state index contributed by atoms with van der Waals surface area (Å²) < 4.78 is 19.1. The third-order valence-corrected chi connectivity index (χ3v) is 4.06. The van der Waals surface area contributed by atoms with Crippen molar-refractivity contribution >= 4 is 27.9 Å². The Morgan fingerprint density at radius 1 is 1.47 bits per heavy atom. The molecule has 1 spiro atoms. The number of hydrogen-bond donors (Lipinski definition) is 2. The molecule has 2 heterocycles. The van der Waals surface area contributed by atoms with Crippen LogP contribution in [0, 0.1) is 5.82 Å². The molecule has 2 aliphatic heterocycles. The lowest BCUT2D eigenvalue weighted by Crippen LogP contribution is -2.50. The number of fused-ring (bicyclic) bond motifs is 2. The van der Waals surface area contributed by atoms with Crippen molar-refractivity contribution in [1.29, 1.82) is 0 Å². The molecule has 0 bridgehead atoms. The molecule has 19 heavy (non-hydrogen) atoms. The van der Waals surface area contributed by atoms with Crippen LogP contribution < -0.4 is 15.4 Å². The van der Waals surface area contributed by atoms with Gasteiger partial charge in [0.05, 0.1) is 0 Å². The normalized spacial score (nSPS) is 28.6. The number of halogens is 2. The van der Waals surface area contributed by atoms with Crippen LogP contribution in [0.25, 0.3) is 0 Å². The standard InChI is InChI=1S/C12H10BrFN2O3/c13-5-7-4-12(10(17)15-11(18)16-12)8-3-6(14)1-2-9(8)19-7/h1-3,7H,4-5H2,(H2,15,16,17,18)/t7-,12-/m1/s1. The second-order valence-electron chi connectivity index (χ2n) is 4.55. The number of benzene rings is 1. The van der Waals surface area contributed by atoms with E-state index in [2.05, 4.69) is 26.6 Å². The highest BCUT2D eigenvalue weighted by Crippen LogP contribution is 2.41. The van der Waals surface area contributed by atoms with Crippen LogP contribution in [0.5, 0.6) is 5.75 Å². The predicted octanol–water partition coefficient (Wildman–Crippen LogP) is 1.41. The van der Waals surface area contributed by atoms with Gasteiger partial charge in [-0.15, -0.1) is 0 Å². The molecule has 7 heteroatoms. The first-order valence-electron chi connectivity index (χ1n) is 5.71. The third kappa shape index (κ3) is 1.80. The van der Waals surface area contributed by atoms with Gasteiger partial charge in [0, 0.05) is 17.3 Å². The van der Waals surface area contributed by atoms with Gasteiger partial charge < -0.3 is 10.1 Å². The Balaban J connectivity index is 2.17. The molecule has 0 saturated carbocycles. The van der Waals surface area contributed by atoms with Crippen LogP contribution in [0.4, 0.5) is 9.18 Å². The number of amides is 3. The maximum absolute atomic E-state index is 13.4. The van der Waals surface area contributed by atoms with Gasteiger partial charge in [0.25, 0.3) is 5.91 Å². The molecule has 2 aliphatic rings. The molecule has 1 saturated heterocycles. The van der Waals surface area contributed by atoms with Gasteiger partial charge in [0.2, 0.25) is 0 Å². The Morgan fingerprint density at radius 2 is 2.26 bits per heavy atom. The number of rotatable bonds is 1. The molecule has 0 unspecified atom stereocenters. The molecule has 0 radical (unpaired) electrons. The van der Waals surface area contributed by atoms with Crippen LogP contribution in [0.3, 0.4) is 0 Å². The Kier molecular flexibility index (Phi) is 2.74. The van der Waals surface area contributed by atoms with E-state index in [1.807, 2.05) is 0 Å². The summed E-state index contributed by atoms with van der Waals surface area (Å²) in [6.07, 6.45) is -0.0196. The van der Waals surface area contributed by atoms with Crippen LogP contribution in [0.2, 0.25) is 0 Å². The number of nitrogens with one attached hydrogen (secondary N) is 2. The van der Waals surface area contributed by atoms with Crippen LogP contribution in [-0.2, 0) is 10.3 Å². The highest BCUT2D eigenvalue weighted by molar-refractivity contribution is 9.09. The van der Waals surface area contributed by atoms with Crippen LogP contribution in [0.15, 0.2) is 18.2 Å². The van der Waals surface area contributed by atoms with Crippen molar-refractivity contribution < 1.29 is 18.7 Å². The van der Waals surface area contributed by atoms with E-state index in [4.69, 9.17) is 4.74 Å². The second kappa shape index (κ2) is 4.19. The summed E-state index contributed by atoms with van der Waals surface area (Å²) in [5.74, 6) is -0.541. The zero-order valence-electron chi connectivity index (χ0n) is 9.70. The monoisotopic (exact) mass is 328 g/mol. The van der Waals surface area contributed by atoms with E-state index in [1.165, 1.54) is 18.2 Å². The summed E-state index contributed by atoms with van der Waals surface area (Å²) >= 11 is 3.30. The average molecular weight is 329 g/mol. The van der Waals surface area contributed by atoms with Gasteiger partial charge in [-0.3, -0.25) is 10.1 Å². The Bertz CT molecular complexity index is 580. The Labute approximate surface area is 116 Å². The SMILES string of the molecule is O=C1NC(=O)[C@]2(C[C@H](CBr)Oc3ccc(F)cc32)N1. The number of imide groups is 1. The molecule has 1 aromatic rings. The molecule has 1 aromatic carbocycles. The molecule has 100 valence electrons. The van der Waals surface area contributed by atoms with E-state index in [0.717, 1.165) is 0 Å². The van der Waals surface area contributed by atoms with Crippen molar-refractivity contribution in [2.24, 2.45) is 0 Å². The first-order valence-corrected chi connectivity index (χ1v) is 6.83. The minimum absolute atomic E-state index is 0.256. The molecular formula is C12H10BrFN2O3. The lowest BCUT2D eigenvalue weighted by atomic mass is 9.82. The number of ether oxygens (including phenoxy) is 1. The smallest absolute Gasteiger partial charge is 0.322 e. The quantitative estimate of drug-likeness (QED) is 0.605. The highest BCUT2D eigenvalue weighted by atomic mass is 79.9. The van der Waals surface area contributed by atoms with Crippen molar-refractivity contribution in [2.75, 3.05) is 5.33 Å². The number of alkyl halides is 1. The molecule has 2 N–H and O–H groups in total. The van der Waals surface area contributed by atoms with Gasteiger partial charge in [-0.2, -0.15) is 0 Å². The van der Waals surface area contributed by atoms with Gasteiger partial charge in [-0.1, -0.05) is 15.9 Å². The molecule has 5 nitrogen and oxygen atoms in total. The summed E-state index contributed by atoms with van der Waals surface area (Å²) in [6.45, 7) is 0. The van der Waals surface area contributed by atoms with E-state index in [1.54, 1.807) is 0 Å². The van der Waals surface area contributed by atoms with Crippen molar-refractivity contribution in [1.82, 2.24) is 10.6 Å². The fourth-order valence-electron chi connectivity index (χ4n) is 2.52. The van der Waals surface area contributed by atoms with Crippen molar-refractivity contribution in [3.63, 3.8) is 0 Å². The van der Waals surface area contributed by atoms with E-state index in [9.17, 15) is 14.0 Å². The van der Waals surface area contributed by atoms with Crippen molar-refractivity contribution in [3.05, 3.63) is 29.6 Å². The molecule has 0 aromatic heterocycles. The van der Waals surface area contributed by atoms with Gasteiger partial charge in [0.1, 0.15) is 17.7 Å². The molecule has 3 amide bonds. The van der Waals surface area contributed by atoms with E-state index < -0.39 is 23.3 Å². The van der Waals surface area contributed by atoms with Crippen molar-refractivity contribution in [3.8, 4) is 5.75 Å². The maximum Gasteiger partial charge on any atom is 0.322 e. The largest absolute Gasteiger partial charge is 0.489 e. The first kappa shape index (κ1) is 12.4. The summed E-state index contributed by atoms with van der Waals surface area (Å²) in [5, 5.41) is 5.31. The average Bonchev–Trinajstić information content (AvgIpc) is 2.65. The number of carbonyl (C=O) groups is 2. The highest BCUT2D eigenvalue weighted by Gasteiger charge is 2.53. The minimum Gasteiger partial charge on any atom is -0.489 e. The molecule has 1 fully saturated rings. The van der Waals surface area contributed by atoms with Crippen molar-refractivity contribution in [2.45, 2.75) is 18.1 Å². The van der Waals surface area contributed by atoms with E-state index >= 15 is 0 Å². The summed E-state index contributed by atoms with van der Waals surface area (Å²) in [6, 6.07) is 3.39. The molecular weight excluding hydrogens is 319 g/mol. The zero-order valence-corrected chi connectivity index (χ0v) is 11.3. The Morgan fingerprint density at radius 3 is 2.89 bits per heavy atom. The minimum atomic E-state index is -1.24. The van der Waals surface area contributed by atoms with E-state index in [-0.39, 0.29) is 12.5 Å². The first-order chi connectivity index (χ1) is 9.05. The molecule has 2 atom stereocenters. The second-order valence-corrected chi connectivity index (χ2v) is 5.20. The zero-order chi connectivity index (χ0) is 13.6. The summed E-state index contributed by atoms with van der Waals surface area (Å²) in [7, 11) is 0. The van der Waals surface area contributed by atoms with Crippen LogP contribution in [0.1, 0.15) is 12.0 Å². The summed E-state index contributed by atoms with van der Waals surface area (Å²) in [5.41, 5.74) is -0.890. The third-order valence-electron chi connectivity index (χ3n) is 3.34. The van der Waals surface area contributed by atoms with E-state index in [0.29, 0.717) is 16.6 Å². The number of hydrogen-bond acceptors (Lipinski definition) is 3. The fraction of sp³-hybridized carbons (Fsp3) is 0.333. The Hall–Kier alpha value is -1.63. The van der Waals surface area contributed by atoms with Gasteiger partial charge in [0.15, 0.2) is 5.54 Å². The summed E-state index contributed by atoms with van der Waals surface area (Å²) in [4.78, 5) is 23.5. The van der Waals surface area contributed by atoms with Gasteiger partial charge in [-0.05, 0) is 18.2 Å². The lowest BCUT2D eigenvalue weighted by Gasteiger charge is -2.37. The maximum atomic E-state index is 13.4. The fourth-order valence-corrected chi connectivity index (χ4v) is 2.88. The molecule has 0 aliphatic carbocycles. The topological polar surface area (TPSA) is 67.4 Å².